The lowest BCUT2D eigenvalue weighted by atomic mass is 10.0. The maximum atomic E-state index is 9.24. The molecule has 0 fully saturated rings. The van der Waals surface area contributed by atoms with Gasteiger partial charge < -0.3 is 15.6 Å². The maximum absolute atomic E-state index is 9.24. The minimum atomic E-state index is 0.157. The highest BCUT2D eigenvalue weighted by atomic mass is 35.5. The molecule has 0 heterocycles. The van der Waals surface area contributed by atoms with Gasteiger partial charge in [-0.2, -0.15) is 0 Å². The number of aromatic hydroxyl groups is 1. The summed E-state index contributed by atoms with van der Waals surface area (Å²) in [6, 6.07) is 12.8. The monoisotopic (exact) mass is 305 g/mol. The van der Waals surface area contributed by atoms with E-state index in [0.717, 1.165) is 24.0 Å². The predicted molar refractivity (Wildman–Crippen MR) is 85.9 cm³/mol. The summed E-state index contributed by atoms with van der Waals surface area (Å²) < 4.78 is 5.70. The molecule has 0 saturated heterocycles. The SMILES string of the molecule is CCC(N)Cc1ccc(OCc2ccc(O)cc2)c(Cl)c1. The van der Waals surface area contributed by atoms with Crippen molar-refractivity contribution in [2.45, 2.75) is 32.4 Å². The standard InChI is InChI=1S/C17H20ClNO2/c1-2-14(19)9-13-5-8-17(16(18)10-13)21-11-12-3-6-15(20)7-4-12/h3-8,10,14,20H,2,9,11,19H2,1H3. The average Bonchev–Trinajstić information content (AvgIpc) is 2.48. The van der Waals surface area contributed by atoms with E-state index in [1.165, 1.54) is 0 Å². The van der Waals surface area contributed by atoms with E-state index in [0.29, 0.717) is 17.4 Å². The van der Waals surface area contributed by atoms with Crippen molar-refractivity contribution in [3.8, 4) is 11.5 Å². The van der Waals surface area contributed by atoms with Crippen molar-refractivity contribution >= 4 is 11.6 Å². The second kappa shape index (κ2) is 7.34. The average molecular weight is 306 g/mol. The first-order chi connectivity index (χ1) is 10.1. The van der Waals surface area contributed by atoms with Crippen molar-refractivity contribution in [2.24, 2.45) is 5.73 Å². The van der Waals surface area contributed by atoms with Crippen molar-refractivity contribution in [2.75, 3.05) is 0 Å². The smallest absolute Gasteiger partial charge is 0.138 e. The van der Waals surface area contributed by atoms with Crippen LogP contribution in [0.3, 0.4) is 0 Å². The van der Waals surface area contributed by atoms with E-state index in [9.17, 15) is 5.11 Å². The van der Waals surface area contributed by atoms with Gasteiger partial charge in [0.2, 0.25) is 0 Å². The molecule has 2 aromatic carbocycles. The van der Waals surface area contributed by atoms with E-state index in [4.69, 9.17) is 22.1 Å². The lowest BCUT2D eigenvalue weighted by molar-refractivity contribution is 0.306. The fourth-order valence-electron chi connectivity index (χ4n) is 1.99. The van der Waals surface area contributed by atoms with Gasteiger partial charge >= 0.3 is 0 Å². The van der Waals surface area contributed by atoms with Gasteiger partial charge in [-0.3, -0.25) is 0 Å². The summed E-state index contributed by atoms with van der Waals surface area (Å²) in [5.74, 6) is 0.895. The lowest BCUT2D eigenvalue weighted by Gasteiger charge is -2.12. The summed E-state index contributed by atoms with van der Waals surface area (Å²) >= 11 is 6.24. The van der Waals surface area contributed by atoms with Crippen LogP contribution in [0.1, 0.15) is 24.5 Å². The second-order valence-electron chi connectivity index (χ2n) is 5.09. The Morgan fingerprint density at radius 1 is 1.14 bits per heavy atom. The van der Waals surface area contributed by atoms with E-state index in [-0.39, 0.29) is 11.8 Å². The van der Waals surface area contributed by atoms with Crippen LogP contribution in [0.25, 0.3) is 0 Å². The van der Waals surface area contributed by atoms with Crippen molar-refractivity contribution in [3.05, 3.63) is 58.6 Å². The van der Waals surface area contributed by atoms with Gasteiger partial charge in [0.05, 0.1) is 5.02 Å². The van der Waals surface area contributed by atoms with Gasteiger partial charge in [0.25, 0.3) is 0 Å². The summed E-state index contributed by atoms with van der Waals surface area (Å²) in [5.41, 5.74) is 8.04. The van der Waals surface area contributed by atoms with Gasteiger partial charge in [-0.1, -0.05) is 36.7 Å². The number of rotatable bonds is 6. The van der Waals surface area contributed by atoms with E-state index < -0.39 is 0 Å². The minimum absolute atomic E-state index is 0.157. The van der Waals surface area contributed by atoms with Crippen molar-refractivity contribution in [1.29, 1.82) is 0 Å². The largest absolute Gasteiger partial charge is 0.508 e. The van der Waals surface area contributed by atoms with E-state index in [2.05, 4.69) is 6.92 Å². The Kier molecular flexibility index (Phi) is 5.48. The molecule has 3 nitrogen and oxygen atoms in total. The predicted octanol–water partition coefficient (Wildman–Crippen LogP) is 3.90. The molecular formula is C17H20ClNO2. The fourth-order valence-corrected chi connectivity index (χ4v) is 2.25. The number of hydrogen-bond acceptors (Lipinski definition) is 3. The van der Waals surface area contributed by atoms with Crippen LogP contribution in [0.4, 0.5) is 0 Å². The Hall–Kier alpha value is -1.71. The topological polar surface area (TPSA) is 55.5 Å². The highest BCUT2D eigenvalue weighted by molar-refractivity contribution is 6.32. The van der Waals surface area contributed by atoms with Crippen LogP contribution in [0.5, 0.6) is 11.5 Å². The molecule has 0 radical (unpaired) electrons. The molecule has 1 atom stereocenters. The molecule has 0 spiro atoms. The number of hydrogen-bond donors (Lipinski definition) is 2. The molecule has 0 aromatic heterocycles. The van der Waals surface area contributed by atoms with Gasteiger partial charge in [-0.25, -0.2) is 0 Å². The fraction of sp³-hybridized carbons (Fsp3) is 0.294. The zero-order chi connectivity index (χ0) is 15.2. The molecule has 1 unspecified atom stereocenters. The molecule has 3 N–H and O–H groups in total. The molecule has 21 heavy (non-hydrogen) atoms. The first-order valence-corrected chi connectivity index (χ1v) is 7.41. The molecule has 4 heteroatoms. The van der Waals surface area contributed by atoms with Crippen LogP contribution >= 0.6 is 11.6 Å². The zero-order valence-corrected chi connectivity index (χ0v) is 12.8. The first-order valence-electron chi connectivity index (χ1n) is 7.03. The minimum Gasteiger partial charge on any atom is -0.508 e. The second-order valence-corrected chi connectivity index (χ2v) is 5.50. The van der Waals surface area contributed by atoms with Crippen LogP contribution in [-0.2, 0) is 13.0 Å². The Morgan fingerprint density at radius 3 is 2.43 bits per heavy atom. The zero-order valence-electron chi connectivity index (χ0n) is 12.1. The molecule has 0 amide bonds. The highest BCUT2D eigenvalue weighted by Crippen LogP contribution is 2.27. The molecule has 0 bridgehead atoms. The normalized spacial score (nSPS) is 12.1. The molecule has 2 aromatic rings. The van der Waals surface area contributed by atoms with Gasteiger partial charge in [0.1, 0.15) is 18.1 Å². The number of phenolic OH excluding ortho intramolecular Hbond substituents is 1. The molecule has 0 saturated carbocycles. The summed E-state index contributed by atoms with van der Waals surface area (Å²) in [5, 5.41) is 9.83. The molecular weight excluding hydrogens is 286 g/mol. The van der Waals surface area contributed by atoms with Gasteiger partial charge in [0, 0.05) is 6.04 Å². The first kappa shape index (κ1) is 15.7. The number of ether oxygens (including phenoxy) is 1. The van der Waals surface area contributed by atoms with E-state index >= 15 is 0 Å². The van der Waals surface area contributed by atoms with Gasteiger partial charge in [-0.05, 0) is 48.2 Å². The van der Waals surface area contributed by atoms with E-state index in [1.807, 2.05) is 30.3 Å². The third kappa shape index (κ3) is 4.66. The van der Waals surface area contributed by atoms with Gasteiger partial charge in [-0.15, -0.1) is 0 Å². The van der Waals surface area contributed by atoms with Crippen molar-refractivity contribution in [3.63, 3.8) is 0 Å². The summed E-state index contributed by atoms with van der Waals surface area (Å²) in [6.45, 7) is 2.48. The Labute approximate surface area is 130 Å². The lowest BCUT2D eigenvalue weighted by Crippen LogP contribution is -2.21. The maximum Gasteiger partial charge on any atom is 0.138 e. The third-order valence-electron chi connectivity index (χ3n) is 3.35. The van der Waals surface area contributed by atoms with Crippen molar-refractivity contribution < 1.29 is 9.84 Å². The number of halogens is 1. The van der Waals surface area contributed by atoms with Crippen LogP contribution in [0.2, 0.25) is 5.02 Å². The number of benzene rings is 2. The van der Waals surface area contributed by atoms with Crippen LogP contribution < -0.4 is 10.5 Å². The Balaban J connectivity index is 1.99. The highest BCUT2D eigenvalue weighted by Gasteiger charge is 2.06. The molecule has 112 valence electrons. The summed E-state index contributed by atoms with van der Waals surface area (Å²) in [4.78, 5) is 0. The van der Waals surface area contributed by atoms with Crippen molar-refractivity contribution in [1.82, 2.24) is 0 Å². The van der Waals surface area contributed by atoms with E-state index in [1.54, 1.807) is 12.1 Å². The quantitative estimate of drug-likeness (QED) is 0.851. The van der Waals surface area contributed by atoms with Gasteiger partial charge in [0.15, 0.2) is 0 Å². The number of phenols is 1. The molecule has 2 rings (SSSR count). The van der Waals surface area contributed by atoms with Crippen LogP contribution in [-0.4, -0.2) is 11.1 Å². The van der Waals surface area contributed by atoms with Crippen LogP contribution in [0, 0.1) is 0 Å². The molecule has 0 aliphatic rings. The summed E-state index contributed by atoms with van der Waals surface area (Å²) in [6.07, 6.45) is 1.76. The third-order valence-corrected chi connectivity index (χ3v) is 3.64. The Morgan fingerprint density at radius 2 is 1.81 bits per heavy atom. The van der Waals surface area contributed by atoms with Crippen LogP contribution in [0.15, 0.2) is 42.5 Å². The molecule has 0 aliphatic carbocycles. The summed E-state index contributed by atoms with van der Waals surface area (Å²) in [7, 11) is 0. The Bertz CT molecular complexity index is 584. The molecule has 0 aliphatic heterocycles. The number of nitrogens with two attached hydrogens (primary N) is 1.